The van der Waals surface area contributed by atoms with Gasteiger partial charge in [-0.15, -0.1) is 0 Å². The van der Waals surface area contributed by atoms with Gasteiger partial charge >= 0.3 is 5.97 Å². The summed E-state index contributed by atoms with van der Waals surface area (Å²) in [5, 5.41) is 0. The molecule has 3 nitrogen and oxygen atoms in total. The number of benzene rings is 1. The van der Waals surface area contributed by atoms with Crippen molar-refractivity contribution in [3.8, 4) is 0 Å². The number of rotatable bonds is 4. The molecular weight excluding hydrogens is 241 g/mol. The normalized spacial score (nSPS) is 11.4. The Hall–Kier alpha value is -1.36. The average Bonchev–Trinajstić information content (AvgIpc) is 2.33. The van der Waals surface area contributed by atoms with Gasteiger partial charge in [-0.3, -0.25) is 4.99 Å². The summed E-state index contributed by atoms with van der Waals surface area (Å²) < 4.78 is 17.1. The third kappa shape index (κ3) is 3.06. The molecule has 0 aliphatic rings. The van der Waals surface area contributed by atoms with Gasteiger partial charge in [-0.25, -0.2) is 4.79 Å². The first kappa shape index (κ1) is 13.7. The average molecular weight is 255 g/mol. The number of hydrogen-bond donors (Lipinski definition) is 0. The number of halogens is 1. The summed E-state index contributed by atoms with van der Waals surface area (Å²) in [5.74, 6) is -0.320. The fraction of sp³-hybridized carbons (Fsp3) is 0.333. The van der Waals surface area contributed by atoms with Crippen LogP contribution in [0.5, 0.6) is 0 Å². The van der Waals surface area contributed by atoms with Crippen molar-refractivity contribution in [2.24, 2.45) is 4.99 Å². The Morgan fingerprint density at radius 1 is 1.53 bits per heavy atom. The van der Waals surface area contributed by atoms with Crippen LogP contribution in [0.15, 0.2) is 23.2 Å². The van der Waals surface area contributed by atoms with Gasteiger partial charge in [-0.2, -0.15) is 3.89 Å². The number of ether oxygens (including phenoxy) is 1. The minimum absolute atomic E-state index is 0.188. The molecule has 0 radical (unpaired) electrons. The number of nitrogens with zero attached hydrogens (tertiary/aromatic N) is 1. The number of esters is 1. The van der Waals surface area contributed by atoms with Gasteiger partial charge in [-0.1, -0.05) is 18.2 Å². The monoisotopic (exact) mass is 255 g/mol. The molecule has 92 valence electrons. The van der Waals surface area contributed by atoms with Crippen molar-refractivity contribution in [1.82, 2.24) is 0 Å². The minimum Gasteiger partial charge on any atom is -0.464 e. The molecule has 1 rings (SSSR count). The van der Waals surface area contributed by atoms with Crippen molar-refractivity contribution in [1.29, 1.82) is 0 Å². The Labute approximate surface area is 104 Å². The van der Waals surface area contributed by atoms with Crippen molar-refractivity contribution < 1.29 is 13.4 Å². The molecule has 1 aromatic carbocycles. The van der Waals surface area contributed by atoms with Gasteiger partial charge in [0.2, 0.25) is 0 Å². The largest absolute Gasteiger partial charge is 0.464 e. The zero-order chi connectivity index (χ0) is 12.8. The van der Waals surface area contributed by atoms with Crippen LogP contribution in [0.3, 0.4) is 0 Å². The lowest BCUT2D eigenvalue weighted by molar-refractivity contribution is -0.132. The van der Waals surface area contributed by atoms with E-state index in [1.54, 1.807) is 6.07 Å². The van der Waals surface area contributed by atoms with Gasteiger partial charge < -0.3 is 4.74 Å². The molecule has 0 aromatic heterocycles. The van der Waals surface area contributed by atoms with E-state index in [-0.39, 0.29) is 23.6 Å². The molecule has 0 aliphatic heterocycles. The van der Waals surface area contributed by atoms with Gasteiger partial charge in [-0.05, 0) is 18.1 Å². The second-order valence-corrected chi connectivity index (χ2v) is 3.93. The van der Waals surface area contributed by atoms with Crippen LogP contribution in [0, 0.1) is 6.92 Å². The van der Waals surface area contributed by atoms with Crippen LogP contribution in [0.4, 0.5) is 3.89 Å². The van der Waals surface area contributed by atoms with E-state index in [0.29, 0.717) is 5.56 Å². The van der Waals surface area contributed by atoms with E-state index < -0.39 is 5.97 Å². The summed E-state index contributed by atoms with van der Waals surface area (Å²) in [7, 11) is 2.82. The number of methoxy groups -OCH3 is 1. The molecular formula is C12H14FNO2S. The first-order chi connectivity index (χ1) is 8.15. The van der Waals surface area contributed by atoms with Crippen LogP contribution < -0.4 is 0 Å². The highest BCUT2D eigenvalue weighted by atomic mass is 32.2. The van der Waals surface area contributed by atoms with Crippen molar-refractivity contribution in [3.05, 3.63) is 34.9 Å². The highest BCUT2D eigenvalue weighted by molar-refractivity contribution is 7.93. The first-order valence-corrected chi connectivity index (χ1v) is 5.91. The van der Waals surface area contributed by atoms with E-state index in [4.69, 9.17) is 0 Å². The number of aliphatic imine (C=N–C) groups is 1. The lowest BCUT2D eigenvalue weighted by Gasteiger charge is -2.11. The number of aryl methyl sites for hydroxylation is 1. The maximum Gasteiger partial charge on any atom is 0.356 e. The number of hydrogen-bond acceptors (Lipinski definition) is 4. The summed E-state index contributed by atoms with van der Waals surface area (Å²) in [6, 6.07) is 5.47. The second-order valence-electron chi connectivity index (χ2n) is 3.43. The zero-order valence-corrected chi connectivity index (χ0v) is 10.8. The predicted octanol–water partition coefficient (Wildman–Crippen LogP) is 2.70. The van der Waals surface area contributed by atoms with Gasteiger partial charge in [0.25, 0.3) is 0 Å². The van der Waals surface area contributed by atoms with Crippen LogP contribution in [-0.2, 0) is 15.3 Å². The lowest BCUT2D eigenvalue weighted by atomic mass is 9.98. The molecule has 0 amide bonds. The predicted molar refractivity (Wildman–Crippen MR) is 68.1 cm³/mol. The molecule has 0 saturated carbocycles. The maximum atomic E-state index is 12.4. The quantitative estimate of drug-likeness (QED) is 0.613. The van der Waals surface area contributed by atoms with Crippen LogP contribution in [0.25, 0.3) is 0 Å². The molecule has 0 atom stereocenters. The minimum atomic E-state index is -0.507. The summed E-state index contributed by atoms with van der Waals surface area (Å²) in [5.41, 5.74) is 2.51. The van der Waals surface area contributed by atoms with E-state index in [1.807, 2.05) is 19.1 Å². The number of carbonyl (C=O) groups is 1. The maximum absolute atomic E-state index is 12.4. The van der Waals surface area contributed by atoms with Crippen LogP contribution >= 0.6 is 12.1 Å². The molecule has 0 heterocycles. The Balaban J connectivity index is 3.31. The topological polar surface area (TPSA) is 38.7 Å². The third-order valence-electron chi connectivity index (χ3n) is 2.41. The molecule has 0 saturated heterocycles. The van der Waals surface area contributed by atoms with Gasteiger partial charge in [0, 0.05) is 24.8 Å². The fourth-order valence-corrected chi connectivity index (χ4v) is 2.01. The summed E-state index contributed by atoms with van der Waals surface area (Å²) >= 11 is 0.218. The summed E-state index contributed by atoms with van der Waals surface area (Å²) in [4.78, 5) is 15.5. The Kier molecular flexibility index (Phi) is 5.15. The molecule has 17 heavy (non-hydrogen) atoms. The zero-order valence-electron chi connectivity index (χ0n) is 9.99. The first-order valence-electron chi connectivity index (χ1n) is 5.03. The van der Waals surface area contributed by atoms with Crippen molar-refractivity contribution in [2.75, 3.05) is 14.2 Å². The molecule has 0 fully saturated rings. The van der Waals surface area contributed by atoms with Crippen molar-refractivity contribution in [2.45, 2.75) is 12.7 Å². The molecule has 0 aliphatic carbocycles. The highest BCUT2D eigenvalue weighted by Gasteiger charge is 2.19. The smallest absolute Gasteiger partial charge is 0.356 e. The molecule has 0 spiro atoms. The molecule has 0 bridgehead atoms. The highest BCUT2D eigenvalue weighted by Crippen LogP contribution is 2.21. The van der Waals surface area contributed by atoms with E-state index in [9.17, 15) is 8.68 Å². The van der Waals surface area contributed by atoms with Crippen molar-refractivity contribution >= 4 is 23.8 Å². The third-order valence-corrected chi connectivity index (χ3v) is 2.83. The van der Waals surface area contributed by atoms with Gasteiger partial charge in [0.05, 0.1) is 12.9 Å². The van der Waals surface area contributed by atoms with Gasteiger partial charge in [0.1, 0.15) is 0 Å². The lowest BCUT2D eigenvalue weighted by Crippen LogP contribution is -2.20. The van der Waals surface area contributed by atoms with Crippen molar-refractivity contribution in [3.63, 3.8) is 0 Å². The van der Waals surface area contributed by atoms with Crippen LogP contribution in [-0.4, -0.2) is 25.8 Å². The van der Waals surface area contributed by atoms with E-state index in [2.05, 4.69) is 9.73 Å². The molecule has 0 N–H and O–H groups in total. The standard InChI is InChI=1S/C12H14FNO2S/c1-8-5-4-6-9(7-17-13)10(8)11(14-2)12(15)16-3/h4-6H,7H2,1-3H3. The van der Waals surface area contributed by atoms with Crippen LogP contribution in [0.1, 0.15) is 16.7 Å². The Morgan fingerprint density at radius 3 is 2.76 bits per heavy atom. The van der Waals surface area contributed by atoms with E-state index in [0.717, 1.165) is 11.1 Å². The Bertz CT molecular complexity index is 446. The summed E-state index contributed by atoms with van der Waals surface area (Å²) in [6.45, 7) is 1.86. The van der Waals surface area contributed by atoms with E-state index >= 15 is 0 Å². The molecule has 1 aromatic rings. The SMILES string of the molecule is CN=C(C(=O)OC)c1c(C)cccc1CSF. The number of carbonyl (C=O) groups excluding carboxylic acids is 1. The molecule has 0 unspecified atom stereocenters. The molecule has 5 heteroatoms. The summed E-state index contributed by atoms with van der Waals surface area (Å²) in [6.07, 6.45) is 0. The second kappa shape index (κ2) is 6.39. The van der Waals surface area contributed by atoms with Crippen LogP contribution in [0.2, 0.25) is 0 Å². The van der Waals surface area contributed by atoms with Gasteiger partial charge in [0.15, 0.2) is 5.71 Å². The Morgan fingerprint density at radius 2 is 2.24 bits per heavy atom. The fourth-order valence-electron chi connectivity index (χ4n) is 1.65. The van der Waals surface area contributed by atoms with E-state index in [1.165, 1.54) is 14.2 Å².